The molecule has 19 atom stereocenters. The van der Waals surface area contributed by atoms with E-state index in [0.717, 1.165) is 32.6 Å². The molecule has 56 heteroatoms. The fraction of sp³-hybridized carbons (Fsp3) is 0.709. The zero-order valence-electron chi connectivity index (χ0n) is 81.7. The number of rotatable bonds is 71. The predicted molar refractivity (Wildman–Crippen MR) is 501 cm³/mol. The lowest BCUT2D eigenvalue weighted by Gasteiger charge is -2.30. The van der Waals surface area contributed by atoms with Crippen LogP contribution in [-0.2, 0) is 120 Å². The van der Waals surface area contributed by atoms with E-state index in [4.69, 9.17) is 45.9 Å². The molecule has 802 valence electrons. The van der Waals surface area contributed by atoms with Crippen LogP contribution in [0.2, 0.25) is 0 Å². The molecule has 0 aliphatic carbocycles. The molecule has 1 aliphatic rings. The van der Waals surface area contributed by atoms with Crippen molar-refractivity contribution in [2.45, 2.75) is 332 Å². The smallest absolute Gasteiger partial charge is 0.326 e. The number of carbonyl (C=O) groups is 25. The Morgan fingerprint density at radius 1 is 0.289 bits per heavy atom. The number of nitrogens with one attached hydrogen (secondary N) is 17. The number of hydrogen-bond donors (Lipinski definition) is 30. The van der Waals surface area contributed by atoms with Gasteiger partial charge in [-0.05, 0) is 174 Å². The van der Waals surface area contributed by atoms with Crippen molar-refractivity contribution in [3.05, 3.63) is 0 Å². The number of nitrogens with zero attached hydrogens (tertiary/aromatic N) is 1. The molecular formula is C86H148N26O30. The number of primary amides is 4. The molecule has 142 heavy (non-hydrogen) atoms. The normalized spacial score (nSPS) is 16.0. The van der Waals surface area contributed by atoms with Gasteiger partial charge in [-0.3, -0.25) is 115 Å². The third kappa shape index (κ3) is 48.6. The van der Waals surface area contributed by atoms with Crippen LogP contribution in [0, 0.1) is 17.8 Å². The van der Waals surface area contributed by atoms with Gasteiger partial charge in [0.15, 0.2) is 0 Å². The Bertz CT molecular complexity index is 4350. The molecule has 0 saturated carbocycles. The van der Waals surface area contributed by atoms with E-state index in [1.165, 1.54) is 0 Å². The summed E-state index contributed by atoms with van der Waals surface area (Å²) in [6, 6.07) is -31.2. The van der Waals surface area contributed by atoms with Crippen molar-refractivity contribution in [2.24, 2.45) is 63.6 Å². The van der Waals surface area contributed by atoms with E-state index in [1.54, 1.807) is 41.5 Å². The van der Waals surface area contributed by atoms with Crippen molar-refractivity contribution in [3.8, 4) is 0 Å². The first-order chi connectivity index (χ1) is 66.4. The Labute approximate surface area is 820 Å². The predicted octanol–water partition coefficient (Wildman–Crippen LogP) is -12.2. The second-order valence-electron chi connectivity index (χ2n) is 35.8. The van der Waals surface area contributed by atoms with Crippen LogP contribution in [-0.4, -0.2) is 332 Å². The minimum atomic E-state index is -2.11. The van der Waals surface area contributed by atoms with Gasteiger partial charge in [0, 0.05) is 25.8 Å². The molecule has 0 spiro atoms. The summed E-state index contributed by atoms with van der Waals surface area (Å²) in [4.78, 5) is 336. The monoisotopic (exact) mass is 2030 g/mol. The molecule has 0 bridgehead atoms. The van der Waals surface area contributed by atoms with Crippen LogP contribution in [0.4, 0.5) is 0 Å². The number of aliphatic hydroxyl groups excluding tert-OH is 2. The zero-order chi connectivity index (χ0) is 108. The highest BCUT2D eigenvalue weighted by atomic mass is 16.4. The van der Waals surface area contributed by atoms with Crippen LogP contribution in [0.3, 0.4) is 0 Å². The molecular weight excluding hydrogens is 1880 g/mol. The number of nitrogens with two attached hydrogens (primary N) is 8. The molecule has 0 unspecified atom stereocenters. The van der Waals surface area contributed by atoms with Crippen LogP contribution in [0.25, 0.3) is 0 Å². The van der Waals surface area contributed by atoms with Gasteiger partial charge in [-0.1, -0.05) is 41.5 Å². The standard InChI is InChI=1S/C86H148N26O30/c1-40(2)32-54(107-79(134)56(34-42(5)6)108-81(136)57(35-64(93)117)105-71(126)46(10)98-83(138)60(39-114)111-76(131)50(22-25-62(91)115)101-72(127)47(90)38-113)77(132)96-44(8)69(124)100-51(24-27-66(119)120)73(128)95-43(7)68(123)99-48(18-11-14-28-87)74(129)102-49(19-12-15-29-88)75(130)106-55(33-41(3)4)80(135)109-58(36-65(94)118)82(137)110-59(37-67(121)122)78(133)97-45(9)70(125)103-52(23-26-63(92)116)85(140)112-31-17-21-61(112)84(139)104-53(86(141)142)20-13-16-30-89/h40-61,113-114H,11-39,87-90H2,1-10H3,(H2,91,115)(H2,92,116)(H2,93,117)(H2,94,118)(H,95,128)(H,96,132)(H,97,133)(H,98,138)(H,99,123)(H,100,124)(H,101,127)(H,102,129)(H,103,125)(H,104,139)(H,105,126)(H,106,130)(H,107,134)(H,108,136)(H,109,135)(H,110,137)(H,111,131)(H,119,120)(H,121,122)(H,141,142)/t43-,44-,45-,46-,47-,48-,49-,50-,51-,52-,53-,54-,55-,56-,57-,58-,59-,60-,61-/m0/s1. The Kier molecular flexibility index (Phi) is 58.4. The van der Waals surface area contributed by atoms with Gasteiger partial charge in [-0.2, -0.15) is 0 Å². The number of amides is 22. The lowest BCUT2D eigenvalue weighted by Crippen LogP contribution is -2.61. The molecule has 1 saturated heterocycles. The van der Waals surface area contributed by atoms with Gasteiger partial charge in [-0.25, -0.2) is 4.79 Å². The van der Waals surface area contributed by atoms with Crippen LogP contribution in [0.1, 0.15) is 217 Å². The average Bonchev–Trinajstić information content (AvgIpc) is 1.66. The molecule has 56 nitrogen and oxygen atoms in total. The number of likely N-dealkylation sites (tertiary alicyclic amines) is 1. The minimum Gasteiger partial charge on any atom is -0.481 e. The summed E-state index contributed by atoms with van der Waals surface area (Å²) in [6.45, 7) is 12.8. The van der Waals surface area contributed by atoms with Gasteiger partial charge in [0.1, 0.15) is 115 Å². The van der Waals surface area contributed by atoms with Crippen molar-refractivity contribution in [1.29, 1.82) is 0 Å². The quantitative estimate of drug-likeness (QED) is 0.0251. The van der Waals surface area contributed by atoms with Crippen LogP contribution >= 0.6 is 0 Å². The molecule has 1 aliphatic heterocycles. The zero-order valence-corrected chi connectivity index (χ0v) is 81.7. The number of carboxylic acids is 3. The van der Waals surface area contributed by atoms with Crippen LogP contribution in [0.5, 0.6) is 0 Å². The number of carbonyl (C=O) groups excluding carboxylic acids is 22. The molecule has 0 aromatic rings. The molecule has 22 amide bonds. The van der Waals surface area contributed by atoms with Crippen molar-refractivity contribution in [3.63, 3.8) is 0 Å². The van der Waals surface area contributed by atoms with E-state index in [2.05, 4.69) is 90.4 Å². The average molecular weight is 2030 g/mol. The Balaban J connectivity index is 3.53. The lowest BCUT2D eigenvalue weighted by atomic mass is 9.99. The second kappa shape index (κ2) is 65.5. The molecule has 1 heterocycles. The summed E-state index contributed by atoms with van der Waals surface area (Å²) in [7, 11) is 0. The topological polar surface area (TPSA) is 944 Å². The van der Waals surface area contributed by atoms with E-state index < -0.39 is 345 Å². The van der Waals surface area contributed by atoms with Crippen molar-refractivity contribution >= 4 is 148 Å². The third-order valence-corrected chi connectivity index (χ3v) is 21.9. The van der Waals surface area contributed by atoms with E-state index in [-0.39, 0.29) is 109 Å². The number of unbranched alkanes of at least 4 members (excludes halogenated alkanes) is 3. The van der Waals surface area contributed by atoms with Gasteiger partial charge in [-0.15, -0.1) is 0 Å². The van der Waals surface area contributed by atoms with Crippen LogP contribution < -0.4 is 136 Å². The maximum atomic E-state index is 14.6. The van der Waals surface area contributed by atoms with Gasteiger partial charge < -0.3 is 167 Å². The number of carboxylic acid groups (broad SMARTS) is 3. The highest BCUT2D eigenvalue weighted by molar-refractivity contribution is 6.03. The van der Waals surface area contributed by atoms with Crippen molar-refractivity contribution in [2.75, 3.05) is 39.4 Å². The summed E-state index contributed by atoms with van der Waals surface area (Å²) in [5, 5.41) is 88.7. The summed E-state index contributed by atoms with van der Waals surface area (Å²) in [5.74, 6) is -29.8. The van der Waals surface area contributed by atoms with Crippen LogP contribution in [0.15, 0.2) is 0 Å². The Morgan fingerprint density at radius 2 is 0.563 bits per heavy atom. The number of aliphatic hydroxyl groups is 2. The van der Waals surface area contributed by atoms with Gasteiger partial charge in [0.25, 0.3) is 0 Å². The Hall–Kier alpha value is -13.5. The third-order valence-electron chi connectivity index (χ3n) is 21.9. The lowest BCUT2D eigenvalue weighted by molar-refractivity contribution is -0.145. The second-order valence-corrected chi connectivity index (χ2v) is 35.8. The summed E-state index contributed by atoms with van der Waals surface area (Å²) < 4.78 is 0. The molecule has 0 aromatic carbocycles. The summed E-state index contributed by atoms with van der Waals surface area (Å²) in [5.41, 5.74) is 44.2. The summed E-state index contributed by atoms with van der Waals surface area (Å²) >= 11 is 0. The van der Waals surface area contributed by atoms with Crippen molar-refractivity contribution in [1.82, 2.24) is 95.3 Å². The van der Waals surface area contributed by atoms with E-state index in [0.29, 0.717) is 12.8 Å². The molecule has 0 radical (unpaired) electrons. The Morgan fingerprint density at radius 3 is 0.901 bits per heavy atom. The van der Waals surface area contributed by atoms with E-state index in [1.807, 2.05) is 0 Å². The largest absolute Gasteiger partial charge is 0.481 e. The first-order valence-electron chi connectivity index (χ1n) is 46.8. The van der Waals surface area contributed by atoms with E-state index in [9.17, 15) is 145 Å². The first kappa shape index (κ1) is 127. The molecule has 0 aromatic heterocycles. The van der Waals surface area contributed by atoms with Gasteiger partial charge >= 0.3 is 17.9 Å². The van der Waals surface area contributed by atoms with Gasteiger partial charge in [0.2, 0.25) is 130 Å². The fourth-order valence-corrected chi connectivity index (χ4v) is 14.2. The fourth-order valence-electron chi connectivity index (χ4n) is 14.2. The highest BCUT2D eigenvalue weighted by Gasteiger charge is 2.43. The molecule has 38 N–H and O–H groups in total. The maximum Gasteiger partial charge on any atom is 0.326 e. The molecule has 1 fully saturated rings. The highest BCUT2D eigenvalue weighted by Crippen LogP contribution is 2.22. The molecule has 1 rings (SSSR count). The maximum absolute atomic E-state index is 14.6. The SMILES string of the molecule is CC(C)C[C@H](NC(=O)[C@H](CC(C)C)NC(=O)[C@H](CC(N)=O)NC(=O)[C@H](C)NC(=O)[C@H](CO)NC(=O)[C@H](CCC(N)=O)NC(=O)[C@@H](N)CO)C(=O)N[C@@H](C)C(=O)N[C@@H](CCC(=O)O)C(=O)N[C@@H](C)C(=O)N[C@@H](CCCCN)C(=O)N[C@@H](CCCCN)C(=O)N[C@@H](CC(C)C)C(=O)N[C@@H](CC(N)=O)C(=O)N[C@@H](CC(=O)O)C(=O)N[C@@H](C)C(=O)N[C@@H](CCC(N)=O)C(=O)N1CCC[C@H]1C(=O)N[C@@H](CCCCN)C(=O)O. The minimum absolute atomic E-state index is 0.0212. The summed E-state index contributed by atoms with van der Waals surface area (Å²) in [6.07, 6.45) is -5.20. The van der Waals surface area contributed by atoms with Gasteiger partial charge in [0.05, 0.1) is 32.5 Å². The first-order valence-corrected chi connectivity index (χ1v) is 46.8. The van der Waals surface area contributed by atoms with E-state index >= 15 is 0 Å². The van der Waals surface area contributed by atoms with Crippen molar-refractivity contribution < 1.29 is 145 Å². The number of hydrogen-bond acceptors (Lipinski definition) is 31. The number of aliphatic carboxylic acids is 3.